The Morgan fingerprint density at radius 3 is 2.91 bits per heavy atom. The minimum atomic E-state index is 0.0949. The van der Waals surface area contributed by atoms with Gasteiger partial charge in [0.1, 0.15) is 0 Å². The maximum Gasteiger partial charge on any atom is 0.317 e. The van der Waals surface area contributed by atoms with E-state index in [1.165, 1.54) is 0 Å². The van der Waals surface area contributed by atoms with Crippen molar-refractivity contribution < 1.29 is 4.79 Å². The summed E-state index contributed by atoms with van der Waals surface area (Å²) in [6.45, 7) is 5.69. The molecule has 1 rings (SSSR count). The van der Waals surface area contributed by atoms with Gasteiger partial charge >= 0.3 is 6.03 Å². The quantitative estimate of drug-likeness (QED) is 0.608. The second-order valence-electron chi connectivity index (χ2n) is 3.02. The van der Waals surface area contributed by atoms with E-state index in [1.807, 2.05) is 11.8 Å². The Labute approximate surface area is 67.8 Å². The molecule has 3 nitrogen and oxygen atoms in total. The Morgan fingerprint density at radius 1 is 1.73 bits per heavy atom. The molecule has 64 valence electrons. The van der Waals surface area contributed by atoms with E-state index < -0.39 is 0 Å². The maximum atomic E-state index is 11.3. The summed E-state index contributed by atoms with van der Waals surface area (Å²) in [5.74, 6) is 0. The smallest absolute Gasteiger partial charge is 0.317 e. The largest absolute Gasteiger partial charge is 0.338 e. The highest BCUT2D eigenvalue weighted by Crippen LogP contribution is 2.15. The van der Waals surface area contributed by atoms with Gasteiger partial charge in [-0.3, -0.25) is 0 Å². The molecule has 0 bridgehead atoms. The highest BCUT2D eigenvalue weighted by Gasteiger charge is 2.23. The number of hydrogen-bond acceptors (Lipinski definition) is 1. The molecular weight excluding hydrogens is 140 g/mol. The third-order valence-electron chi connectivity index (χ3n) is 2.14. The Morgan fingerprint density at radius 2 is 2.45 bits per heavy atom. The molecule has 0 aromatic heterocycles. The van der Waals surface area contributed by atoms with Crippen LogP contribution in [0.2, 0.25) is 0 Å². The lowest BCUT2D eigenvalue weighted by Crippen LogP contribution is -2.41. The van der Waals surface area contributed by atoms with E-state index in [1.54, 1.807) is 0 Å². The molecule has 0 spiro atoms. The molecule has 0 aromatic rings. The van der Waals surface area contributed by atoms with Crippen LogP contribution in [0, 0.1) is 0 Å². The molecule has 0 aromatic carbocycles. The van der Waals surface area contributed by atoms with E-state index in [0.29, 0.717) is 6.04 Å². The number of nitrogens with zero attached hydrogens (tertiary/aromatic N) is 1. The van der Waals surface area contributed by atoms with E-state index in [2.05, 4.69) is 12.2 Å². The van der Waals surface area contributed by atoms with Crippen LogP contribution in [0.4, 0.5) is 4.79 Å². The van der Waals surface area contributed by atoms with Gasteiger partial charge in [-0.25, -0.2) is 4.79 Å². The number of urea groups is 1. The number of carbonyl (C=O) groups is 1. The molecule has 1 N–H and O–H groups in total. The predicted octanol–water partition coefficient (Wildman–Crippen LogP) is 1.20. The van der Waals surface area contributed by atoms with E-state index in [9.17, 15) is 4.79 Å². The third-order valence-corrected chi connectivity index (χ3v) is 2.14. The van der Waals surface area contributed by atoms with Crippen LogP contribution < -0.4 is 5.32 Å². The van der Waals surface area contributed by atoms with Gasteiger partial charge in [-0.2, -0.15) is 0 Å². The summed E-state index contributed by atoms with van der Waals surface area (Å²) in [4.78, 5) is 13.2. The Kier molecular flexibility index (Phi) is 2.74. The van der Waals surface area contributed by atoms with Crippen LogP contribution in [0.3, 0.4) is 0 Å². The summed E-state index contributed by atoms with van der Waals surface area (Å²) in [6, 6.07) is 0.527. The predicted molar refractivity (Wildman–Crippen MR) is 44.5 cm³/mol. The first kappa shape index (κ1) is 8.37. The highest BCUT2D eigenvalue weighted by molar-refractivity contribution is 5.74. The van der Waals surface area contributed by atoms with Crippen molar-refractivity contribution in [2.24, 2.45) is 0 Å². The van der Waals surface area contributed by atoms with Crippen LogP contribution >= 0.6 is 0 Å². The van der Waals surface area contributed by atoms with Gasteiger partial charge in [0.25, 0.3) is 0 Å². The van der Waals surface area contributed by atoms with Gasteiger partial charge in [0.15, 0.2) is 0 Å². The van der Waals surface area contributed by atoms with Crippen molar-refractivity contribution in [3.63, 3.8) is 0 Å². The first-order chi connectivity index (χ1) is 5.25. The molecule has 11 heavy (non-hydrogen) atoms. The average molecular weight is 156 g/mol. The molecule has 1 fully saturated rings. The molecular formula is C8H16N2O. The molecule has 1 aliphatic heterocycles. The van der Waals surface area contributed by atoms with E-state index in [0.717, 1.165) is 25.9 Å². The Bertz CT molecular complexity index is 147. The summed E-state index contributed by atoms with van der Waals surface area (Å²) < 4.78 is 0. The number of rotatable bonds is 1. The fourth-order valence-corrected chi connectivity index (χ4v) is 1.49. The standard InChI is InChI=1S/C8H16N2O/c1-3-9-8(11)10-6-4-5-7(10)2/h7H,3-6H2,1-2H3,(H,9,11). The zero-order valence-corrected chi connectivity index (χ0v) is 7.26. The number of likely N-dealkylation sites (tertiary alicyclic amines) is 1. The first-order valence-corrected chi connectivity index (χ1v) is 4.30. The number of nitrogens with one attached hydrogen (secondary N) is 1. The summed E-state index contributed by atoms with van der Waals surface area (Å²) >= 11 is 0. The van der Waals surface area contributed by atoms with Crippen molar-refractivity contribution in [1.82, 2.24) is 10.2 Å². The number of amides is 2. The van der Waals surface area contributed by atoms with Crippen molar-refractivity contribution in [2.75, 3.05) is 13.1 Å². The van der Waals surface area contributed by atoms with E-state index in [-0.39, 0.29) is 6.03 Å². The van der Waals surface area contributed by atoms with Gasteiger partial charge in [0.05, 0.1) is 0 Å². The second-order valence-corrected chi connectivity index (χ2v) is 3.02. The van der Waals surface area contributed by atoms with Gasteiger partial charge in [-0.05, 0) is 26.7 Å². The average Bonchev–Trinajstić information content (AvgIpc) is 2.36. The molecule has 1 saturated heterocycles. The zero-order valence-electron chi connectivity index (χ0n) is 7.26. The fraction of sp³-hybridized carbons (Fsp3) is 0.875. The lowest BCUT2D eigenvalue weighted by Gasteiger charge is -2.21. The summed E-state index contributed by atoms with van der Waals surface area (Å²) in [7, 11) is 0. The fourth-order valence-electron chi connectivity index (χ4n) is 1.49. The van der Waals surface area contributed by atoms with Crippen LogP contribution in [0.25, 0.3) is 0 Å². The topological polar surface area (TPSA) is 32.3 Å². The van der Waals surface area contributed by atoms with Crippen LogP contribution in [0.15, 0.2) is 0 Å². The molecule has 1 aliphatic rings. The molecule has 0 aliphatic carbocycles. The number of carbonyl (C=O) groups excluding carboxylic acids is 1. The summed E-state index contributed by atoms with van der Waals surface area (Å²) in [5.41, 5.74) is 0. The summed E-state index contributed by atoms with van der Waals surface area (Å²) in [5, 5.41) is 2.80. The van der Waals surface area contributed by atoms with Gasteiger partial charge < -0.3 is 10.2 Å². The summed E-state index contributed by atoms with van der Waals surface area (Å²) in [6.07, 6.45) is 2.30. The van der Waals surface area contributed by atoms with E-state index in [4.69, 9.17) is 0 Å². The molecule has 0 radical (unpaired) electrons. The van der Waals surface area contributed by atoms with Crippen molar-refractivity contribution in [3.8, 4) is 0 Å². The van der Waals surface area contributed by atoms with Gasteiger partial charge in [0.2, 0.25) is 0 Å². The minimum absolute atomic E-state index is 0.0949. The first-order valence-electron chi connectivity index (χ1n) is 4.30. The molecule has 3 heteroatoms. The monoisotopic (exact) mass is 156 g/mol. The highest BCUT2D eigenvalue weighted by atomic mass is 16.2. The van der Waals surface area contributed by atoms with Crippen molar-refractivity contribution in [1.29, 1.82) is 0 Å². The SMILES string of the molecule is CCNC(=O)N1CCCC1C. The van der Waals surface area contributed by atoms with Gasteiger partial charge in [-0.15, -0.1) is 0 Å². The Hall–Kier alpha value is -0.730. The van der Waals surface area contributed by atoms with Crippen LogP contribution in [-0.4, -0.2) is 30.1 Å². The van der Waals surface area contributed by atoms with E-state index >= 15 is 0 Å². The molecule has 1 heterocycles. The maximum absolute atomic E-state index is 11.3. The normalized spacial score (nSPS) is 23.8. The minimum Gasteiger partial charge on any atom is -0.338 e. The lowest BCUT2D eigenvalue weighted by atomic mass is 10.2. The number of hydrogen-bond donors (Lipinski definition) is 1. The van der Waals surface area contributed by atoms with Crippen molar-refractivity contribution in [2.45, 2.75) is 32.7 Å². The van der Waals surface area contributed by atoms with Crippen LogP contribution in [-0.2, 0) is 0 Å². The Balaban J connectivity index is 2.39. The third kappa shape index (κ3) is 1.85. The van der Waals surface area contributed by atoms with Crippen molar-refractivity contribution in [3.05, 3.63) is 0 Å². The molecule has 2 amide bonds. The molecule has 0 saturated carbocycles. The second kappa shape index (κ2) is 3.60. The zero-order chi connectivity index (χ0) is 8.27. The van der Waals surface area contributed by atoms with Crippen LogP contribution in [0.1, 0.15) is 26.7 Å². The van der Waals surface area contributed by atoms with Crippen LogP contribution in [0.5, 0.6) is 0 Å². The molecule has 1 unspecified atom stereocenters. The van der Waals surface area contributed by atoms with Gasteiger partial charge in [-0.1, -0.05) is 0 Å². The lowest BCUT2D eigenvalue weighted by molar-refractivity contribution is 0.196. The van der Waals surface area contributed by atoms with Crippen molar-refractivity contribution >= 4 is 6.03 Å². The van der Waals surface area contributed by atoms with Gasteiger partial charge in [0, 0.05) is 19.1 Å². The molecule has 1 atom stereocenters.